The number of Topliss-reactive ketones (excluding diaryl/α,β-unsaturated/α-hetero) is 1. The smallest absolute Gasteiger partial charge is 0.302 e. The molecule has 0 aromatic heterocycles. The Hall–Kier alpha value is -2.22. The summed E-state index contributed by atoms with van der Waals surface area (Å²) in [4.78, 5) is 30.4. The number of aliphatic hydroxyl groups is 1. The molecule has 7 unspecified atom stereocenters. The van der Waals surface area contributed by atoms with E-state index in [2.05, 4.69) is 40.9 Å². The second kappa shape index (κ2) is 19.4. The lowest BCUT2D eigenvalue weighted by Crippen LogP contribution is -2.95. The summed E-state index contributed by atoms with van der Waals surface area (Å²) in [5.41, 5.74) is 2.72. The van der Waals surface area contributed by atoms with Gasteiger partial charge in [0.25, 0.3) is 0 Å². The monoisotopic (exact) mass is 681 g/mol. The van der Waals surface area contributed by atoms with E-state index in [9.17, 15) is 14.7 Å². The van der Waals surface area contributed by atoms with Gasteiger partial charge in [-0.3, -0.25) is 14.9 Å². The molecule has 3 heterocycles. The van der Waals surface area contributed by atoms with Crippen LogP contribution in [0.5, 0.6) is 0 Å². The van der Waals surface area contributed by atoms with Crippen molar-refractivity contribution >= 4 is 18.0 Å². The molecule has 0 aromatic rings. The minimum Gasteiger partial charge on any atom is -0.462 e. The summed E-state index contributed by atoms with van der Waals surface area (Å²) in [6.45, 7) is 7.45. The number of nitrogens with two attached hydrogens (primary N) is 1. The number of nitrogens with one attached hydrogen (secondary N) is 1. The lowest BCUT2D eigenvalue weighted by atomic mass is 9.75. The number of esters is 1. The first-order chi connectivity index (χ1) is 23.8. The second-order valence-electron chi connectivity index (χ2n) is 15.5. The highest BCUT2D eigenvalue weighted by atomic mass is 16.5. The average molecular weight is 682 g/mol. The maximum atomic E-state index is 13.8. The van der Waals surface area contributed by atoms with E-state index in [1.807, 2.05) is 6.21 Å². The molecule has 9 heteroatoms. The fraction of sp³-hybridized carbons (Fsp3) is 0.800. The van der Waals surface area contributed by atoms with Gasteiger partial charge in [0.15, 0.2) is 6.21 Å². The third-order valence-electron chi connectivity index (χ3n) is 11.9. The highest BCUT2D eigenvalue weighted by Crippen LogP contribution is 2.37. The minimum atomic E-state index is -0.422. The Balaban J connectivity index is 1.29. The van der Waals surface area contributed by atoms with Crippen LogP contribution in [-0.4, -0.2) is 80.0 Å². The molecule has 0 aromatic carbocycles. The lowest BCUT2D eigenvalue weighted by Gasteiger charge is -2.40. The normalized spacial score (nSPS) is 36.9. The van der Waals surface area contributed by atoms with Crippen LogP contribution in [0.2, 0.25) is 0 Å². The molecule has 0 spiro atoms. The Morgan fingerprint density at radius 2 is 1.92 bits per heavy atom. The predicted molar refractivity (Wildman–Crippen MR) is 190 cm³/mol. The number of quaternary nitrogens is 1. The van der Waals surface area contributed by atoms with Crippen molar-refractivity contribution in [3.63, 3.8) is 0 Å². The highest BCUT2D eigenvalue weighted by molar-refractivity contribution is 5.84. The predicted octanol–water partition coefficient (Wildman–Crippen LogP) is 4.81. The van der Waals surface area contributed by atoms with Crippen LogP contribution in [0.15, 0.2) is 16.1 Å². The van der Waals surface area contributed by atoms with E-state index in [-0.39, 0.29) is 54.4 Å². The molecule has 4 N–H and O–H groups in total. The fourth-order valence-electron chi connectivity index (χ4n) is 8.98. The number of hydrogen-bond acceptors (Lipinski definition) is 8. The number of piperidine rings is 1. The van der Waals surface area contributed by atoms with Crippen molar-refractivity contribution in [3.05, 3.63) is 17.7 Å². The maximum absolute atomic E-state index is 13.8. The number of hydrogen-bond donors (Lipinski definition) is 3. The zero-order valence-corrected chi connectivity index (χ0v) is 30.4. The van der Waals surface area contributed by atoms with Crippen LogP contribution in [0.25, 0.3) is 0 Å². The molecule has 5 aliphatic rings. The number of aliphatic imine (C=N–C) groups is 1. The van der Waals surface area contributed by atoms with Gasteiger partial charge in [-0.15, -0.1) is 4.99 Å². The number of fused-ring (bicyclic) bond motifs is 2. The van der Waals surface area contributed by atoms with Crippen LogP contribution >= 0.6 is 0 Å². The molecule has 9 nitrogen and oxygen atoms in total. The number of carbonyl (C=O) groups is 2. The van der Waals surface area contributed by atoms with Crippen LogP contribution in [0.4, 0.5) is 0 Å². The molecule has 0 amide bonds. The topological polar surface area (TPSA) is 123 Å². The van der Waals surface area contributed by atoms with Crippen molar-refractivity contribution < 1.29 is 34.2 Å². The van der Waals surface area contributed by atoms with E-state index in [0.717, 1.165) is 77.2 Å². The number of aliphatic hydroxyl groups excluding tert-OH is 1. The number of ether oxygens (including phenoxy) is 3. The standard InChI is InChI=1S/C40H62N3O6/c1-4-28-11-14-37(48-27(2)44)24-35(46)21-30(31-13-15-38(39(22-31)47-3)49-36-9-5-8-34(45)23-36)7-6-17-42-40-20-29(16-18-43-40)10-12-32-25-41-26-33(32)19-28/h25-26,28-31,34,36-40,42-43,45H,4-5,8-24H2,1-3H3/q+1/p+1/t28-,29?,30+,31?,34?,36?,37+,38?,39?,40?/m0/s1. The van der Waals surface area contributed by atoms with E-state index < -0.39 is 6.10 Å². The molecule has 2 saturated carbocycles. The van der Waals surface area contributed by atoms with E-state index in [4.69, 9.17) is 14.2 Å². The number of rotatable bonds is 6. The van der Waals surface area contributed by atoms with Gasteiger partial charge in [-0.1, -0.05) is 25.2 Å². The van der Waals surface area contributed by atoms with Gasteiger partial charge in [0, 0.05) is 52.1 Å². The van der Waals surface area contributed by atoms with Crippen molar-refractivity contribution in [3.8, 4) is 11.8 Å². The second-order valence-corrected chi connectivity index (χ2v) is 15.5. The molecule has 2 aliphatic carbocycles. The Labute approximate surface area is 295 Å². The van der Waals surface area contributed by atoms with Crippen LogP contribution in [-0.2, 0) is 23.8 Å². The lowest BCUT2D eigenvalue weighted by molar-refractivity contribution is -0.704. The summed E-state index contributed by atoms with van der Waals surface area (Å²) < 4.78 is 18.3. The summed E-state index contributed by atoms with van der Waals surface area (Å²) in [5, 5.41) is 16.3. The van der Waals surface area contributed by atoms with E-state index >= 15 is 0 Å². The molecule has 3 fully saturated rings. The zero-order valence-electron chi connectivity index (χ0n) is 30.4. The van der Waals surface area contributed by atoms with Crippen molar-refractivity contribution in [1.29, 1.82) is 0 Å². The molecule has 2 bridgehead atoms. The molecule has 10 atom stereocenters. The van der Waals surface area contributed by atoms with Crippen molar-refractivity contribution in [2.24, 2.45) is 28.7 Å². The van der Waals surface area contributed by atoms with Crippen LogP contribution in [0.1, 0.15) is 123 Å². The van der Waals surface area contributed by atoms with Crippen molar-refractivity contribution in [1.82, 2.24) is 5.32 Å². The molecule has 272 valence electrons. The van der Waals surface area contributed by atoms with E-state index in [1.54, 1.807) is 7.11 Å². The molecule has 1 saturated heterocycles. The van der Waals surface area contributed by atoms with Gasteiger partial charge in [-0.05, 0) is 88.4 Å². The Morgan fingerprint density at radius 1 is 1.04 bits per heavy atom. The van der Waals surface area contributed by atoms with Crippen molar-refractivity contribution in [2.75, 3.05) is 20.2 Å². The third-order valence-corrected chi connectivity index (χ3v) is 11.9. The summed E-state index contributed by atoms with van der Waals surface area (Å²) in [6.07, 6.45) is 16.6. The third kappa shape index (κ3) is 11.9. The van der Waals surface area contributed by atoms with Gasteiger partial charge in [-0.2, -0.15) is 0 Å². The molecule has 0 radical (unpaired) electrons. The first kappa shape index (κ1) is 38.0. The van der Waals surface area contributed by atoms with Gasteiger partial charge >= 0.3 is 5.97 Å². The Morgan fingerprint density at radius 3 is 2.71 bits per heavy atom. The van der Waals surface area contributed by atoms with Gasteiger partial charge in [-0.25, -0.2) is 0 Å². The molecule has 49 heavy (non-hydrogen) atoms. The van der Waals surface area contributed by atoms with Crippen LogP contribution in [0.3, 0.4) is 0 Å². The first-order valence-corrected chi connectivity index (χ1v) is 19.5. The maximum Gasteiger partial charge on any atom is 0.302 e. The number of methoxy groups -OCH3 is 1. The Bertz CT molecular complexity index is 1210. The molecular weight excluding hydrogens is 618 g/mol. The summed E-state index contributed by atoms with van der Waals surface area (Å²) in [6, 6.07) is 0. The van der Waals surface area contributed by atoms with Gasteiger partial charge in [0.05, 0.1) is 43.1 Å². The minimum absolute atomic E-state index is 0.00995. The summed E-state index contributed by atoms with van der Waals surface area (Å²) in [5.74, 6) is 8.00. The number of nitrogens with zero attached hydrogens (tertiary/aromatic N) is 1. The fourth-order valence-corrected chi connectivity index (χ4v) is 8.98. The zero-order chi connectivity index (χ0) is 34.6. The van der Waals surface area contributed by atoms with Gasteiger partial charge in [0.1, 0.15) is 30.2 Å². The van der Waals surface area contributed by atoms with Crippen molar-refractivity contribution in [2.45, 2.75) is 160 Å². The van der Waals surface area contributed by atoms with Gasteiger partial charge < -0.3 is 24.6 Å². The molecule has 3 aliphatic heterocycles. The van der Waals surface area contributed by atoms with Crippen LogP contribution < -0.4 is 10.6 Å². The molecule has 5 rings (SSSR count). The number of carbonyl (C=O) groups excluding carboxylic acids is 2. The summed E-state index contributed by atoms with van der Waals surface area (Å²) in [7, 11) is 1.75. The van der Waals surface area contributed by atoms with Crippen LogP contribution in [0, 0.1) is 42.1 Å². The van der Waals surface area contributed by atoms with E-state index in [0.29, 0.717) is 43.8 Å². The van der Waals surface area contributed by atoms with Gasteiger partial charge in [0.2, 0.25) is 0 Å². The SMILES string of the molecule is CC[C@H]1CC[C@@H](OC(C)=O)CC(=O)C[C@H](C2CCC(OC3CCCC(O)C3)C(OC)C2)C#CCNC2CC(CC[NH2+]2)CCC2=C(C=N[CH+]2)C1. The molecular formula is C40H63N3O6+2. The number of ketones is 1. The quantitative estimate of drug-likeness (QED) is 0.209. The first-order valence-electron chi connectivity index (χ1n) is 19.5. The highest BCUT2D eigenvalue weighted by Gasteiger charge is 2.38. The van der Waals surface area contributed by atoms with E-state index in [1.165, 1.54) is 30.9 Å². The Kier molecular flexibility index (Phi) is 15.1. The average Bonchev–Trinajstić information content (AvgIpc) is 3.53. The number of allylic oxidation sites excluding steroid dienone is 1. The largest absolute Gasteiger partial charge is 0.462 e. The summed E-state index contributed by atoms with van der Waals surface area (Å²) >= 11 is 0.